The monoisotopic (exact) mass is 528 g/mol. The molecule has 4 aromatic carbocycles. The van der Waals surface area contributed by atoms with Crippen molar-refractivity contribution in [2.24, 2.45) is 8.20 Å². The summed E-state index contributed by atoms with van der Waals surface area (Å²) in [4.78, 5) is 4.79. The topological polar surface area (TPSA) is 41.7 Å². The third-order valence-electron chi connectivity index (χ3n) is 5.55. The first kappa shape index (κ1) is 20.5. The molecule has 0 bridgehead atoms. The molecular weight excluding hydrogens is 507 g/mol. The number of hydrogen-bond acceptors (Lipinski definition) is 1. The van der Waals surface area contributed by atoms with E-state index >= 15 is 0 Å². The van der Waals surface area contributed by atoms with Crippen LogP contribution in [-0.2, 0) is 0 Å². The molecule has 0 saturated carbocycles. The van der Waals surface area contributed by atoms with Gasteiger partial charge in [-0.25, -0.2) is 4.99 Å². The Kier molecular flexibility index (Phi) is 5.73. The van der Waals surface area contributed by atoms with Crippen molar-refractivity contribution in [2.45, 2.75) is 0 Å². The second kappa shape index (κ2) is 8.96. The van der Waals surface area contributed by atoms with E-state index in [1.807, 2.05) is 60.2 Å². The van der Waals surface area contributed by atoms with Crippen molar-refractivity contribution in [3.05, 3.63) is 114 Å². The molecule has 156 valence electrons. The summed E-state index contributed by atoms with van der Waals surface area (Å²) in [5.41, 5.74) is 5.49. The van der Waals surface area contributed by atoms with Crippen LogP contribution in [0.3, 0.4) is 0 Å². The number of fused-ring (bicyclic) bond motifs is 3. The van der Waals surface area contributed by atoms with Crippen molar-refractivity contribution in [3.8, 4) is 5.69 Å². The lowest BCUT2D eigenvalue weighted by molar-refractivity contribution is 1.17. The Morgan fingerprint density at radius 2 is 1.25 bits per heavy atom. The van der Waals surface area contributed by atoms with Gasteiger partial charge in [0.15, 0.2) is 5.84 Å². The van der Waals surface area contributed by atoms with Gasteiger partial charge in [0.1, 0.15) is 5.84 Å². The number of hydrogen-bond donors (Lipinski definition) is 1. The lowest BCUT2D eigenvalue weighted by Gasteiger charge is -2.10. The van der Waals surface area contributed by atoms with Crippen LogP contribution >= 0.6 is 22.9 Å². The maximum absolute atomic E-state index is 4.79. The Balaban J connectivity index is 1.57. The molecule has 0 unspecified atom stereocenters. The summed E-state index contributed by atoms with van der Waals surface area (Å²) in [6.45, 7) is 0. The molecular formula is C27H21IN4. The molecule has 0 saturated heterocycles. The van der Waals surface area contributed by atoms with Gasteiger partial charge in [-0.15, -0.1) is 0 Å². The Morgan fingerprint density at radius 3 is 1.81 bits per heavy atom. The summed E-state index contributed by atoms with van der Waals surface area (Å²) >= 11 is 2.01. The van der Waals surface area contributed by atoms with E-state index in [0.717, 1.165) is 22.6 Å². The molecule has 5 rings (SSSR count). The minimum Gasteiger partial charge on any atom is -0.373 e. The maximum Gasteiger partial charge on any atom is 0.167 e. The molecule has 0 fully saturated rings. The first-order valence-corrected chi connectivity index (χ1v) is 11.4. The zero-order valence-corrected chi connectivity index (χ0v) is 19.7. The van der Waals surface area contributed by atoms with Gasteiger partial charge in [-0.05, 0) is 36.4 Å². The van der Waals surface area contributed by atoms with Crippen LogP contribution in [0.25, 0.3) is 27.5 Å². The van der Waals surface area contributed by atoms with Gasteiger partial charge < -0.3 is 9.88 Å². The Labute approximate surface area is 200 Å². The molecule has 1 aromatic heterocycles. The van der Waals surface area contributed by atoms with E-state index in [4.69, 9.17) is 4.99 Å². The number of benzene rings is 4. The van der Waals surface area contributed by atoms with Crippen molar-refractivity contribution < 1.29 is 0 Å². The molecule has 0 aliphatic rings. The fraction of sp³-hybridized carbons (Fsp3) is 0.0370. The molecule has 4 nitrogen and oxygen atoms in total. The maximum atomic E-state index is 4.79. The molecule has 32 heavy (non-hydrogen) atoms. The predicted molar refractivity (Wildman–Crippen MR) is 143 cm³/mol. The van der Waals surface area contributed by atoms with E-state index < -0.39 is 0 Å². The van der Waals surface area contributed by atoms with Crippen LogP contribution in [0.4, 0.5) is 0 Å². The molecule has 1 heterocycles. The molecule has 0 amide bonds. The largest absolute Gasteiger partial charge is 0.373 e. The number of halogens is 1. The van der Waals surface area contributed by atoms with Crippen LogP contribution in [0, 0.1) is 0 Å². The predicted octanol–water partition coefficient (Wildman–Crippen LogP) is 6.55. The minimum absolute atomic E-state index is 0.674. The third-order valence-corrected chi connectivity index (χ3v) is 6.00. The first-order chi connectivity index (χ1) is 15.8. The lowest BCUT2D eigenvalue weighted by atomic mass is 10.1. The van der Waals surface area contributed by atoms with Crippen LogP contribution in [0.5, 0.6) is 0 Å². The Bertz CT molecular complexity index is 1390. The van der Waals surface area contributed by atoms with E-state index in [0.29, 0.717) is 5.84 Å². The first-order valence-electron chi connectivity index (χ1n) is 10.4. The highest BCUT2D eigenvalue weighted by Crippen LogP contribution is 2.31. The van der Waals surface area contributed by atoms with Crippen LogP contribution in [0.2, 0.25) is 0 Å². The highest BCUT2D eigenvalue weighted by Gasteiger charge is 2.12. The standard InChI is InChI=1S/C27H21IN4/c1-29-26(19-9-3-2-4-10-19)30-27(31-28)20-15-17-21(18-16-20)32-24-13-7-5-11-22(24)23-12-6-8-14-25(23)32/h2-18H,1H3,(H,29,30,31). The SMILES string of the molecule is CN/C(=N\C(=N/I)c1ccc(-n2c3ccccc3c3ccccc32)cc1)c1ccccc1. The summed E-state index contributed by atoms with van der Waals surface area (Å²) in [5.74, 6) is 1.46. The van der Waals surface area contributed by atoms with Crippen LogP contribution in [-0.4, -0.2) is 23.3 Å². The molecule has 0 atom stereocenters. The van der Waals surface area contributed by atoms with Gasteiger partial charge >= 0.3 is 0 Å². The fourth-order valence-electron chi connectivity index (χ4n) is 4.06. The third kappa shape index (κ3) is 3.69. The number of nitrogens with zero attached hydrogens (tertiary/aromatic N) is 3. The number of aliphatic imine (C=N–C) groups is 1. The summed E-state index contributed by atoms with van der Waals surface area (Å²) in [5, 5.41) is 5.70. The normalized spacial score (nSPS) is 12.4. The number of rotatable bonds is 3. The summed E-state index contributed by atoms with van der Waals surface area (Å²) < 4.78 is 6.72. The van der Waals surface area contributed by atoms with Gasteiger partial charge in [0.05, 0.1) is 33.9 Å². The number of para-hydroxylation sites is 2. The van der Waals surface area contributed by atoms with Crippen LogP contribution in [0.1, 0.15) is 11.1 Å². The molecule has 0 aliphatic carbocycles. The summed E-state index contributed by atoms with van der Waals surface area (Å²) in [6, 6.07) is 35.6. The summed E-state index contributed by atoms with van der Waals surface area (Å²) in [6.07, 6.45) is 0. The van der Waals surface area contributed by atoms with Crippen molar-refractivity contribution in [1.29, 1.82) is 0 Å². The molecule has 5 heteroatoms. The van der Waals surface area contributed by atoms with Gasteiger partial charge in [-0.2, -0.15) is 3.21 Å². The van der Waals surface area contributed by atoms with E-state index in [-0.39, 0.29) is 0 Å². The zero-order valence-electron chi connectivity index (χ0n) is 17.5. The number of aromatic nitrogens is 1. The smallest absolute Gasteiger partial charge is 0.167 e. The lowest BCUT2D eigenvalue weighted by Crippen LogP contribution is -2.21. The van der Waals surface area contributed by atoms with Crippen LogP contribution in [0.15, 0.2) is 111 Å². The second-order valence-electron chi connectivity index (χ2n) is 7.40. The fourth-order valence-corrected chi connectivity index (χ4v) is 4.45. The Hall–Kier alpha value is -3.45. The van der Waals surface area contributed by atoms with Crippen molar-refractivity contribution in [1.82, 2.24) is 9.88 Å². The van der Waals surface area contributed by atoms with E-state index in [1.165, 1.54) is 21.8 Å². The van der Waals surface area contributed by atoms with Crippen molar-refractivity contribution >= 4 is 56.3 Å². The number of amidine groups is 2. The highest BCUT2D eigenvalue weighted by molar-refractivity contribution is 14.1. The minimum atomic E-state index is 0.674. The molecule has 0 spiro atoms. The van der Waals surface area contributed by atoms with Gasteiger partial charge in [0.25, 0.3) is 0 Å². The molecule has 5 aromatic rings. The quantitative estimate of drug-likeness (QED) is 0.161. The van der Waals surface area contributed by atoms with Crippen LogP contribution < -0.4 is 5.32 Å². The zero-order chi connectivity index (χ0) is 21.9. The average molecular weight is 528 g/mol. The Morgan fingerprint density at radius 1 is 0.688 bits per heavy atom. The average Bonchev–Trinajstić information content (AvgIpc) is 3.20. The summed E-state index contributed by atoms with van der Waals surface area (Å²) in [7, 11) is 1.88. The van der Waals surface area contributed by atoms with Crippen molar-refractivity contribution in [3.63, 3.8) is 0 Å². The van der Waals surface area contributed by atoms with E-state index in [1.54, 1.807) is 0 Å². The van der Waals surface area contributed by atoms with Gasteiger partial charge in [-0.3, -0.25) is 0 Å². The van der Waals surface area contributed by atoms with Gasteiger partial charge in [0, 0.05) is 34.6 Å². The molecule has 0 radical (unpaired) electrons. The molecule has 0 aliphatic heterocycles. The number of nitrogens with one attached hydrogen (secondary N) is 1. The van der Waals surface area contributed by atoms with E-state index in [2.05, 4.69) is 85.9 Å². The van der Waals surface area contributed by atoms with Gasteiger partial charge in [0.2, 0.25) is 0 Å². The van der Waals surface area contributed by atoms with E-state index in [9.17, 15) is 0 Å². The highest BCUT2D eigenvalue weighted by atomic mass is 127. The van der Waals surface area contributed by atoms with Gasteiger partial charge in [-0.1, -0.05) is 66.7 Å². The molecule has 1 N–H and O–H groups in total. The second-order valence-corrected chi connectivity index (χ2v) is 7.88. The van der Waals surface area contributed by atoms with Crippen molar-refractivity contribution in [2.75, 3.05) is 7.05 Å².